The molecule has 0 aliphatic carbocycles. The van der Waals surface area contributed by atoms with Crippen LogP contribution in [0.3, 0.4) is 0 Å². The largest absolute Gasteiger partial charge is 0.503 e. The molecule has 1 fully saturated rings. The van der Waals surface area contributed by atoms with E-state index >= 15 is 0 Å². The van der Waals surface area contributed by atoms with Gasteiger partial charge in [0.2, 0.25) is 0 Å². The van der Waals surface area contributed by atoms with Crippen LogP contribution in [0, 0.1) is 0 Å². The Morgan fingerprint density at radius 3 is 2.84 bits per heavy atom. The van der Waals surface area contributed by atoms with Crippen molar-refractivity contribution < 1.29 is 14.7 Å². The number of aliphatic hydroxyl groups is 1. The van der Waals surface area contributed by atoms with Crippen molar-refractivity contribution in [3.63, 3.8) is 0 Å². The van der Waals surface area contributed by atoms with Crippen molar-refractivity contribution in [3.8, 4) is 0 Å². The molecule has 1 atom stereocenters. The molecule has 2 aliphatic heterocycles. The highest BCUT2D eigenvalue weighted by Gasteiger charge is 2.43. The maximum absolute atomic E-state index is 12.4. The summed E-state index contributed by atoms with van der Waals surface area (Å²) in [6, 6.07) is 5.19. The number of nitrogens with one attached hydrogen (secondary N) is 1. The fourth-order valence-electron chi connectivity index (χ4n) is 3.43. The maximum Gasteiger partial charge on any atom is 0.289 e. The quantitative estimate of drug-likeness (QED) is 0.767. The molecule has 2 N–H and O–H groups in total. The van der Waals surface area contributed by atoms with E-state index < -0.39 is 11.7 Å². The summed E-state index contributed by atoms with van der Waals surface area (Å²) in [5.74, 6) is -1.17. The summed E-state index contributed by atoms with van der Waals surface area (Å²) in [5, 5.41) is 13.9. The van der Waals surface area contributed by atoms with E-state index in [9.17, 15) is 14.7 Å². The molecule has 0 bridgehead atoms. The number of hydrogen-bond donors (Lipinski definition) is 2. The number of fused-ring (bicyclic) bond motifs is 1. The zero-order valence-electron chi connectivity index (χ0n) is 13.7. The van der Waals surface area contributed by atoms with Crippen molar-refractivity contribution in [2.24, 2.45) is 0 Å². The molecule has 1 saturated heterocycles. The van der Waals surface area contributed by atoms with Crippen molar-refractivity contribution in [2.45, 2.75) is 38.1 Å². The Morgan fingerprint density at radius 1 is 1.28 bits per heavy atom. The van der Waals surface area contributed by atoms with Crippen LogP contribution in [-0.4, -0.2) is 41.0 Å². The van der Waals surface area contributed by atoms with Gasteiger partial charge < -0.3 is 15.3 Å². The molecule has 0 spiro atoms. The van der Waals surface area contributed by atoms with Gasteiger partial charge >= 0.3 is 0 Å². The molecule has 2 aliphatic rings. The van der Waals surface area contributed by atoms with Gasteiger partial charge in [-0.1, -0.05) is 29.3 Å². The molecular weight excluding hydrogens is 363 g/mol. The van der Waals surface area contributed by atoms with Crippen LogP contribution in [0.25, 0.3) is 0 Å². The fraction of sp³-hybridized carbons (Fsp3) is 0.444. The number of benzene rings is 1. The lowest BCUT2D eigenvalue weighted by molar-refractivity contribution is -0.130. The van der Waals surface area contributed by atoms with Crippen LogP contribution in [0.2, 0.25) is 10.0 Å². The molecule has 7 heteroatoms. The average molecular weight is 383 g/mol. The molecule has 1 unspecified atom stereocenters. The topological polar surface area (TPSA) is 69.6 Å². The summed E-state index contributed by atoms with van der Waals surface area (Å²) >= 11 is 11.9. The average Bonchev–Trinajstić information content (AvgIpc) is 2.86. The smallest absolute Gasteiger partial charge is 0.289 e. The first kappa shape index (κ1) is 18.1. The minimum Gasteiger partial charge on any atom is -0.503 e. The number of rotatable bonds is 5. The van der Waals surface area contributed by atoms with Gasteiger partial charge in [-0.2, -0.15) is 0 Å². The summed E-state index contributed by atoms with van der Waals surface area (Å²) in [7, 11) is 0. The molecule has 1 aromatic carbocycles. The van der Waals surface area contributed by atoms with E-state index in [1.165, 1.54) is 0 Å². The number of carbonyl (C=O) groups excluding carboxylic acids is 2. The van der Waals surface area contributed by atoms with Crippen LogP contribution in [0.15, 0.2) is 29.5 Å². The van der Waals surface area contributed by atoms with Crippen LogP contribution in [0.5, 0.6) is 0 Å². The van der Waals surface area contributed by atoms with Crippen molar-refractivity contribution in [2.75, 3.05) is 13.1 Å². The van der Waals surface area contributed by atoms with Gasteiger partial charge in [-0.25, -0.2) is 0 Å². The van der Waals surface area contributed by atoms with Crippen molar-refractivity contribution in [3.05, 3.63) is 45.1 Å². The molecule has 1 aromatic rings. The number of piperidine rings is 1. The molecule has 25 heavy (non-hydrogen) atoms. The lowest BCUT2D eigenvalue weighted by Gasteiger charge is -2.30. The summed E-state index contributed by atoms with van der Waals surface area (Å²) in [6.07, 6.45) is 4.06. The van der Waals surface area contributed by atoms with Gasteiger partial charge in [0.05, 0.1) is 21.7 Å². The number of aryl methyl sites for hydroxylation is 1. The first-order valence-corrected chi connectivity index (χ1v) is 9.21. The first-order chi connectivity index (χ1) is 12.0. The number of aliphatic hydroxyl groups excluding tert-OH is 1. The molecular formula is C18H20Cl2N2O3. The van der Waals surface area contributed by atoms with E-state index in [0.717, 1.165) is 37.7 Å². The third-order valence-corrected chi connectivity index (χ3v) is 5.45. The summed E-state index contributed by atoms with van der Waals surface area (Å²) in [5.41, 5.74) is 1.26. The number of amides is 2. The van der Waals surface area contributed by atoms with E-state index in [4.69, 9.17) is 23.2 Å². The Morgan fingerprint density at radius 2 is 2.08 bits per heavy atom. The Hall–Kier alpha value is -1.72. The monoisotopic (exact) mass is 382 g/mol. The third kappa shape index (κ3) is 3.77. The van der Waals surface area contributed by atoms with Gasteiger partial charge in [-0.15, -0.1) is 0 Å². The van der Waals surface area contributed by atoms with Crippen molar-refractivity contribution in [1.82, 2.24) is 10.2 Å². The lowest BCUT2D eigenvalue weighted by Crippen LogP contribution is -2.42. The van der Waals surface area contributed by atoms with E-state index in [-0.39, 0.29) is 17.5 Å². The fourth-order valence-corrected chi connectivity index (χ4v) is 3.75. The van der Waals surface area contributed by atoms with Gasteiger partial charge in [0.25, 0.3) is 11.8 Å². The Labute approximate surface area is 156 Å². The third-order valence-electron chi connectivity index (χ3n) is 4.71. The maximum atomic E-state index is 12.4. The molecule has 3 rings (SSSR count). The van der Waals surface area contributed by atoms with Crippen molar-refractivity contribution in [1.29, 1.82) is 0 Å². The van der Waals surface area contributed by atoms with Gasteiger partial charge in [-0.3, -0.25) is 9.59 Å². The standard InChI is InChI=1S/C18H20Cl2N2O3/c19-12-7-6-11(10-13(12)20)4-3-8-21-17(24)15-14-5-1-2-9-22(14)18(25)16(15)23/h6-7,10,14,23H,1-5,8-9H2,(H,21,24). The predicted octanol–water partition coefficient (Wildman–Crippen LogP) is 3.25. The normalized spacial score (nSPS) is 20.0. The van der Waals surface area contributed by atoms with E-state index in [0.29, 0.717) is 23.1 Å². The van der Waals surface area contributed by atoms with Gasteiger partial charge in [0.15, 0.2) is 5.76 Å². The van der Waals surface area contributed by atoms with Crippen LogP contribution in [0.1, 0.15) is 31.2 Å². The molecule has 2 heterocycles. The molecule has 0 saturated carbocycles. The highest BCUT2D eigenvalue weighted by molar-refractivity contribution is 6.42. The zero-order chi connectivity index (χ0) is 18.0. The van der Waals surface area contributed by atoms with Gasteiger partial charge in [0.1, 0.15) is 0 Å². The number of carbonyl (C=O) groups is 2. The summed E-state index contributed by atoms with van der Waals surface area (Å²) < 4.78 is 0. The van der Waals surface area contributed by atoms with Crippen LogP contribution < -0.4 is 5.32 Å². The minimum atomic E-state index is -0.425. The molecule has 0 radical (unpaired) electrons. The van der Waals surface area contributed by atoms with Gasteiger partial charge in [-0.05, 0) is 49.8 Å². The van der Waals surface area contributed by atoms with Crippen LogP contribution >= 0.6 is 23.2 Å². The predicted molar refractivity (Wildman–Crippen MR) is 96.8 cm³/mol. The minimum absolute atomic E-state index is 0.222. The molecule has 134 valence electrons. The second-order valence-electron chi connectivity index (χ2n) is 6.38. The number of hydrogen-bond acceptors (Lipinski definition) is 3. The zero-order valence-corrected chi connectivity index (χ0v) is 15.2. The summed E-state index contributed by atoms with van der Waals surface area (Å²) in [6.45, 7) is 1.05. The Balaban J connectivity index is 1.54. The SMILES string of the molecule is O=C(NCCCc1ccc(Cl)c(Cl)c1)C1=C(O)C(=O)N2CCCCC12. The second kappa shape index (κ2) is 7.67. The number of nitrogens with zero attached hydrogens (tertiary/aromatic N) is 1. The van der Waals surface area contributed by atoms with Crippen molar-refractivity contribution >= 4 is 35.0 Å². The molecule has 2 amide bonds. The van der Waals surface area contributed by atoms with Crippen LogP contribution in [0.4, 0.5) is 0 Å². The second-order valence-corrected chi connectivity index (χ2v) is 7.19. The Kier molecular flexibility index (Phi) is 5.54. The van der Waals surface area contributed by atoms with E-state index in [2.05, 4.69) is 5.32 Å². The highest BCUT2D eigenvalue weighted by Crippen LogP contribution is 2.31. The Bertz CT molecular complexity index is 733. The first-order valence-electron chi connectivity index (χ1n) is 8.45. The van der Waals surface area contributed by atoms with E-state index in [1.54, 1.807) is 11.0 Å². The van der Waals surface area contributed by atoms with E-state index in [1.807, 2.05) is 12.1 Å². The highest BCUT2D eigenvalue weighted by atomic mass is 35.5. The molecule has 0 aromatic heterocycles. The lowest BCUT2D eigenvalue weighted by atomic mass is 9.97. The molecule has 5 nitrogen and oxygen atoms in total. The van der Waals surface area contributed by atoms with Crippen LogP contribution in [-0.2, 0) is 16.0 Å². The number of halogens is 2. The van der Waals surface area contributed by atoms with Gasteiger partial charge in [0, 0.05) is 13.1 Å². The summed E-state index contributed by atoms with van der Waals surface area (Å²) in [4.78, 5) is 26.1.